The van der Waals surface area contributed by atoms with Crippen molar-refractivity contribution in [3.05, 3.63) is 48.0 Å². The highest BCUT2D eigenvalue weighted by Crippen LogP contribution is 2.18. The molecule has 1 aliphatic heterocycles. The number of rotatable bonds is 6. The number of nitrogens with zero attached hydrogens (tertiary/aromatic N) is 2. The number of nitrogens with one attached hydrogen (secondary N) is 1. The van der Waals surface area contributed by atoms with Gasteiger partial charge in [-0.25, -0.2) is 4.98 Å². The Labute approximate surface area is 132 Å². The Balaban J connectivity index is 1.45. The number of fused-ring (bicyclic) bond motifs is 1. The summed E-state index contributed by atoms with van der Waals surface area (Å²) < 4.78 is 7.50. The number of benzene rings is 1. The minimum Gasteiger partial charge on any atom is -0.497 e. The van der Waals surface area contributed by atoms with Gasteiger partial charge in [0.15, 0.2) is 0 Å². The summed E-state index contributed by atoms with van der Waals surface area (Å²) in [5, 5.41) is 3.69. The molecule has 3 rings (SSSR count). The number of imidazole rings is 1. The molecule has 4 nitrogen and oxygen atoms in total. The molecule has 1 aliphatic rings. The molecule has 2 heterocycles. The first kappa shape index (κ1) is 15.1. The molecular weight excluding hydrogens is 274 g/mol. The van der Waals surface area contributed by atoms with Gasteiger partial charge in [-0.05, 0) is 49.9 Å². The Hall–Kier alpha value is -1.81. The molecule has 1 aromatic carbocycles. The summed E-state index contributed by atoms with van der Waals surface area (Å²) in [7, 11) is 1.70. The molecule has 0 saturated carbocycles. The first-order chi connectivity index (χ1) is 10.7. The summed E-state index contributed by atoms with van der Waals surface area (Å²) in [5.74, 6) is 2.87. The van der Waals surface area contributed by atoms with E-state index in [1.807, 2.05) is 18.3 Å². The second kappa shape index (κ2) is 6.97. The molecule has 2 aromatic rings. The maximum absolute atomic E-state index is 5.20. The molecule has 2 atom stereocenters. The zero-order valence-electron chi connectivity index (χ0n) is 13.5. The quantitative estimate of drug-likeness (QED) is 0.891. The van der Waals surface area contributed by atoms with Crippen molar-refractivity contribution < 1.29 is 4.74 Å². The van der Waals surface area contributed by atoms with Crippen LogP contribution in [0.15, 0.2) is 36.7 Å². The van der Waals surface area contributed by atoms with Gasteiger partial charge in [0.25, 0.3) is 0 Å². The van der Waals surface area contributed by atoms with Gasteiger partial charge in [-0.2, -0.15) is 0 Å². The Bertz CT molecular complexity index is 591. The van der Waals surface area contributed by atoms with Crippen LogP contribution in [-0.4, -0.2) is 29.2 Å². The summed E-state index contributed by atoms with van der Waals surface area (Å²) in [6, 6.07) is 8.84. The van der Waals surface area contributed by atoms with Crippen LogP contribution >= 0.6 is 0 Å². The number of methoxy groups -OCH3 is 1. The lowest BCUT2D eigenvalue weighted by Gasteiger charge is -2.25. The average molecular weight is 299 g/mol. The van der Waals surface area contributed by atoms with Crippen LogP contribution in [0, 0.1) is 5.92 Å². The van der Waals surface area contributed by atoms with Crippen LogP contribution < -0.4 is 10.1 Å². The van der Waals surface area contributed by atoms with E-state index in [4.69, 9.17) is 4.74 Å². The standard InChI is InChI=1S/C18H25N3O/c1-14(11-15-3-6-17(22-2)7-4-15)20-12-16-5-8-18-19-9-10-21(18)13-16/h3-4,6-7,9-10,14,16,20H,5,8,11-13H2,1-2H3. The van der Waals surface area contributed by atoms with E-state index in [2.05, 4.69) is 40.1 Å². The molecule has 0 spiro atoms. The second-order valence-corrected chi connectivity index (χ2v) is 6.26. The van der Waals surface area contributed by atoms with Gasteiger partial charge >= 0.3 is 0 Å². The molecule has 0 radical (unpaired) electrons. The van der Waals surface area contributed by atoms with Crippen molar-refractivity contribution in [2.45, 2.75) is 38.8 Å². The van der Waals surface area contributed by atoms with Crippen LogP contribution in [0.1, 0.15) is 24.7 Å². The van der Waals surface area contributed by atoms with Crippen molar-refractivity contribution in [2.24, 2.45) is 5.92 Å². The van der Waals surface area contributed by atoms with E-state index in [1.165, 1.54) is 17.8 Å². The zero-order chi connectivity index (χ0) is 15.4. The van der Waals surface area contributed by atoms with E-state index in [0.29, 0.717) is 12.0 Å². The lowest BCUT2D eigenvalue weighted by atomic mass is 9.98. The number of aromatic nitrogens is 2. The summed E-state index contributed by atoms with van der Waals surface area (Å²) in [5.41, 5.74) is 1.35. The number of hydrogen-bond donors (Lipinski definition) is 1. The molecule has 0 bridgehead atoms. The minimum atomic E-state index is 0.484. The van der Waals surface area contributed by atoms with Crippen molar-refractivity contribution in [2.75, 3.05) is 13.7 Å². The molecule has 1 N–H and O–H groups in total. The predicted octanol–water partition coefficient (Wildman–Crippen LogP) is 2.67. The Morgan fingerprint density at radius 1 is 1.36 bits per heavy atom. The lowest BCUT2D eigenvalue weighted by molar-refractivity contribution is 0.334. The van der Waals surface area contributed by atoms with Crippen molar-refractivity contribution in [1.29, 1.82) is 0 Å². The topological polar surface area (TPSA) is 39.1 Å². The van der Waals surface area contributed by atoms with Gasteiger partial charge in [-0.3, -0.25) is 0 Å². The molecule has 0 amide bonds. The van der Waals surface area contributed by atoms with E-state index in [-0.39, 0.29) is 0 Å². The van der Waals surface area contributed by atoms with Crippen LogP contribution in [0.2, 0.25) is 0 Å². The van der Waals surface area contributed by atoms with Gasteiger partial charge in [0.2, 0.25) is 0 Å². The molecule has 22 heavy (non-hydrogen) atoms. The summed E-state index contributed by atoms with van der Waals surface area (Å²) in [4.78, 5) is 4.39. The van der Waals surface area contributed by atoms with Crippen LogP contribution in [0.3, 0.4) is 0 Å². The highest BCUT2D eigenvalue weighted by atomic mass is 16.5. The highest BCUT2D eigenvalue weighted by molar-refractivity contribution is 5.27. The van der Waals surface area contributed by atoms with Gasteiger partial charge in [-0.1, -0.05) is 12.1 Å². The first-order valence-electron chi connectivity index (χ1n) is 8.11. The zero-order valence-corrected chi connectivity index (χ0v) is 13.5. The molecule has 0 saturated heterocycles. The van der Waals surface area contributed by atoms with E-state index < -0.39 is 0 Å². The monoisotopic (exact) mass is 299 g/mol. The molecule has 4 heteroatoms. The van der Waals surface area contributed by atoms with E-state index >= 15 is 0 Å². The van der Waals surface area contributed by atoms with Crippen molar-refractivity contribution in [3.63, 3.8) is 0 Å². The van der Waals surface area contributed by atoms with Gasteiger partial charge in [0, 0.05) is 31.4 Å². The normalized spacial score (nSPS) is 18.7. The van der Waals surface area contributed by atoms with E-state index in [9.17, 15) is 0 Å². The van der Waals surface area contributed by atoms with Crippen molar-refractivity contribution in [1.82, 2.24) is 14.9 Å². The van der Waals surface area contributed by atoms with Crippen LogP contribution in [0.4, 0.5) is 0 Å². The van der Waals surface area contributed by atoms with E-state index in [1.54, 1.807) is 7.11 Å². The number of ether oxygens (including phenoxy) is 1. The summed E-state index contributed by atoms with van der Waals surface area (Å²) in [6.45, 7) is 4.43. The Morgan fingerprint density at radius 3 is 2.95 bits per heavy atom. The Morgan fingerprint density at radius 2 is 2.18 bits per heavy atom. The number of hydrogen-bond acceptors (Lipinski definition) is 3. The highest BCUT2D eigenvalue weighted by Gasteiger charge is 2.19. The SMILES string of the molecule is COc1ccc(CC(C)NCC2CCc3nccn3C2)cc1. The lowest BCUT2D eigenvalue weighted by Crippen LogP contribution is -2.36. The predicted molar refractivity (Wildman–Crippen MR) is 88.2 cm³/mol. The smallest absolute Gasteiger partial charge is 0.118 e. The third-order valence-corrected chi connectivity index (χ3v) is 4.49. The minimum absolute atomic E-state index is 0.484. The second-order valence-electron chi connectivity index (χ2n) is 6.26. The van der Waals surface area contributed by atoms with Crippen LogP contribution in [0.25, 0.3) is 0 Å². The van der Waals surface area contributed by atoms with Crippen LogP contribution in [0.5, 0.6) is 5.75 Å². The van der Waals surface area contributed by atoms with Gasteiger partial charge in [0.05, 0.1) is 7.11 Å². The molecule has 118 valence electrons. The Kier molecular flexibility index (Phi) is 4.78. The van der Waals surface area contributed by atoms with E-state index in [0.717, 1.165) is 31.7 Å². The maximum Gasteiger partial charge on any atom is 0.118 e. The molecule has 0 aliphatic carbocycles. The number of aryl methyl sites for hydroxylation is 1. The van der Waals surface area contributed by atoms with Gasteiger partial charge in [0.1, 0.15) is 11.6 Å². The summed E-state index contributed by atoms with van der Waals surface area (Å²) in [6.07, 6.45) is 7.40. The van der Waals surface area contributed by atoms with Crippen molar-refractivity contribution in [3.8, 4) is 5.75 Å². The fraction of sp³-hybridized carbons (Fsp3) is 0.500. The average Bonchev–Trinajstić information content (AvgIpc) is 3.01. The molecule has 1 aromatic heterocycles. The maximum atomic E-state index is 5.20. The summed E-state index contributed by atoms with van der Waals surface area (Å²) >= 11 is 0. The third kappa shape index (κ3) is 3.69. The fourth-order valence-electron chi connectivity index (χ4n) is 3.16. The largest absolute Gasteiger partial charge is 0.497 e. The third-order valence-electron chi connectivity index (χ3n) is 4.49. The fourth-order valence-corrected chi connectivity index (χ4v) is 3.16. The molecule has 2 unspecified atom stereocenters. The van der Waals surface area contributed by atoms with Gasteiger partial charge < -0.3 is 14.6 Å². The molecular formula is C18H25N3O. The van der Waals surface area contributed by atoms with Crippen molar-refractivity contribution >= 4 is 0 Å². The molecule has 0 fully saturated rings. The van der Waals surface area contributed by atoms with Crippen LogP contribution in [-0.2, 0) is 19.4 Å². The van der Waals surface area contributed by atoms with Gasteiger partial charge in [-0.15, -0.1) is 0 Å². The first-order valence-corrected chi connectivity index (χ1v) is 8.11.